The lowest BCUT2D eigenvalue weighted by Crippen LogP contribution is -2.30. The van der Waals surface area contributed by atoms with E-state index in [0.29, 0.717) is 12.8 Å². The van der Waals surface area contributed by atoms with Gasteiger partial charge in [0.25, 0.3) is 0 Å². The summed E-state index contributed by atoms with van der Waals surface area (Å²) in [6, 6.07) is 0. The van der Waals surface area contributed by atoms with Crippen molar-refractivity contribution in [3.8, 4) is 11.8 Å². The number of aliphatic carboxylic acids is 1. The van der Waals surface area contributed by atoms with Crippen molar-refractivity contribution in [2.75, 3.05) is 0 Å². The number of carboxylic acid groups (broad SMARTS) is 1. The second-order valence-corrected chi connectivity index (χ2v) is 3.65. The molecule has 14 heavy (non-hydrogen) atoms. The van der Waals surface area contributed by atoms with Gasteiger partial charge in [-0.3, -0.25) is 4.79 Å². The van der Waals surface area contributed by atoms with Crippen molar-refractivity contribution in [3.05, 3.63) is 0 Å². The molecular weight excluding hydrogens is 176 g/mol. The van der Waals surface area contributed by atoms with E-state index in [1.807, 2.05) is 6.92 Å². The number of carbonyl (C=O) groups is 1. The van der Waals surface area contributed by atoms with E-state index in [9.17, 15) is 9.90 Å². The minimum atomic E-state index is -0.698. The zero-order chi connectivity index (χ0) is 11.0. The van der Waals surface area contributed by atoms with Crippen LogP contribution in [0.25, 0.3) is 0 Å². The minimum Gasteiger partial charge on any atom is -0.481 e. The van der Waals surface area contributed by atoms with Crippen LogP contribution in [0.4, 0.5) is 0 Å². The van der Waals surface area contributed by atoms with Crippen LogP contribution in [0.1, 0.15) is 52.9 Å². The molecule has 0 aromatic carbocycles. The second kappa shape index (κ2) is 6.48. The maximum atomic E-state index is 11.2. The van der Waals surface area contributed by atoms with Gasteiger partial charge in [-0.25, -0.2) is 0 Å². The van der Waals surface area contributed by atoms with Crippen LogP contribution in [0, 0.1) is 17.3 Å². The first-order chi connectivity index (χ1) is 6.63. The van der Waals surface area contributed by atoms with Crippen LogP contribution in [-0.4, -0.2) is 11.1 Å². The molecule has 0 bridgehead atoms. The molecule has 0 radical (unpaired) electrons. The molecule has 0 aliphatic carbocycles. The van der Waals surface area contributed by atoms with Gasteiger partial charge < -0.3 is 5.11 Å². The van der Waals surface area contributed by atoms with Crippen molar-refractivity contribution < 1.29 is 9.90 Å². The van der Waals surface area contributed by atoms with E-state index in [1.165, 1.54) is 0 Å². The van der Waals surface area contributed by atoms with Crippen molar-refractivity contribution in [2.24, 2.45) is 5.41 Å². The van der Waals surface area contributed by atoms with Crippen molar-refractivity contribution in [1.29, 1.82) is 0 Å². The maximum Gasteiger partial charge on any atom is 0.310 e. The summed E-state index contributed by atoms with van der Waals surface area (Å²) in [4.78, 5) is 11.2. The highest BCUT2D eigenvalue weighted by Crippen LogP contribution is 2.32. The average Bonchev–Trinajstić information content (AvgIpc) is 2.18. The Morgan fingerprint density at radius 1 is 1.43 bits per heavy atom. The number of rotatable bonds is 6. The Hall–Kier alpha value is -0.970. The number of unbranched alkanes of at least 4 members (excludes halogenated alkanes) is 1. The van der Waals surface area contributed by atoms with E-state index in [-0.39, 0.29) is 0 Å². The monoisotopic (exact) mass is 196 g/mol. The molecule has 0 amide bonds. The fourth-order valence-electron chi connectivity index (χ4n) is 1.50. The fraction of sp³-hybridized carbons (Fsp3) is 0.750. The Balaban J connectivity index is 4.56. The van der Waals surface area contributed by atoms with E-state index in [1.54, 1.807) is 6.92 Å². The SMILES string of the molecule is CC#CCC(CC)(CCCC)C(=O)O. The molecule has 0 heterocycles. The van der Waals surface area contributed by atoms with Gasteiger partial charge >= 0.3 is 5.97 Å². The average molecular weight is 196 g/mol. The van der Waals surface area contributed by atoms with Gasteiger partial charge in [-0.15, -0.1) is 11.8 Å². The molecule has 1 N–H and O–H groups in total. The summed E-state index contributed by atoms with van der Waals surface area (Å²) in [6.45, 7) is 5.76. The normalized spacial score (nSPS) is 13.9. The standard InChI is InChI=1S/C12H20O2/c1-4-7-9-12(6-3,11(13)14)10-8-5-2/h4,6-7,9-10H2,1-3H3,(H,13,14). The minimum absolute atomic E-state index is 0.481. The summed E-state index contributed by atoms with van der Waals surface area (Å²) in [5, 5.41) is 9.21. The van der Waals surface area contributed by atoms with Gasteiger partial charge in [-0.1, -0.05) is 26.7 Å². The predicted octanol–water partition coefficient (Wildman–Crippen LogP) is 3.07. The number of hydrogen-bond donors (Lipinski definition) is 1. The van der Waals surface area contributed by atoms with Crippen LogP contribution < -0.4 is 0 Å². The molecular formula is C12H20O2. The van der Waals surface area contributed by atoms with Gasteiger partial charge in [0, 0.05) is 6.42 Å². The molecule has 80 valence electrons. The lowest BCUT2D eigenvalue weighted by Gasteiger charge is -2.25. The highest BCUT2D eigenvalue weighted by atomic mass is 16.4. The Kier molecular flexibility index (Phi) is 6.03. The highest BCUT2D eigenvalue weighted by Gasteiger charge is 2.34. The van der Waals surface area contributed by atoms with Crippen LogP contribution in [0.3, 0.4) is 0 Å². The van der Waals surface area contributed by atoms with Crippen molar-refractivity contribution in [1.82, 2.24) is 0 Å². The van der Waals surface area contributed by atoms with Crippen LogP contribution in [0.5, 0.6) is 0 Å². The van der Waals surface area contributed by atoms with Gasteiger partial charge in [-0.2, -0.15) is 0 Å². The first-order valence-corrected chi connectivity index (χ1v) is 5.26. The zero-order valence-electron chi connectivity index (χ0n) is 9.39. The molecule has 0 saturated carbocycles. The summed E-state index contributed by atoms with van der Waals surface area (Å²) < 4.78 is 0. The molecule has 0 fully saturated rings. The number of hydrogen-bond acceptors (Lipinski definition) is 1. The van der Waals surface area contributed by atoms with Crippen LogP contribution in [0.15, 0.2) is 0 Å². The maximum absolute atomic E-state index is 11.2. The molecule has 0 aromatic rings. The molecule has 0 spiro atoms. The molecule has 0 aliphatic rings. The molecule has 0 aliphatic heterocycles. The molecule has 0 aromatic heterocycles. The smallest absolute Gasteiger partial charge is 0.310 e. The summed E-state index contributed by atoms with van der Waals surface area (Å²) in [7, 11) is 0. The van der Waals surface area contributed by atoms with Crippen LogP contribution in [-0.2, 0) is 4.79 Å². The first-order valence-electron chi connectivity index (χ1n) is 5.26. The molecule has 1 unspecified atom stereocenters. The third kappa shape index (κ3) is 3.41. The van der Waals surface area contributed by atoms with Crippen LogP contribution in [0.2, 0.25) is 0 Å². The van der Waals surface area contributed by atoms with E-state index < -0.39 is 11.4 Å². The summed E-state index contributed by atoms with van der Waals surface area (Å²) >= 11 is 0. The van der Waals surface area contributed by atoms with Crippen molar-refractivity contribution in [3.63, 3.8) is 0 Å². The molecule has 0 rings (SSSR count). The van der Waals surface area contributed by atoms with Gasteiger partial charge in [0.1, 0.15) is 0 Å². The van der Waals surface area contributed by atoms with Crippen molar-refractivity contribution in [2.45, 2.75) is 52.9 Å². The summed E-state index contributed by atoms with van der Waals surface area (Å²) in [5.74, 6) is 4.98. The molecule has 2 heteroatoms. The second-order valence-electron chi connectivity index (χ2n) is 3.65. The highest BCUT2D eigenvalue weighted by molar-refractivity contribution is 5.75. The first kappa shape index (κ1) is 13.0. The Bertz CT molecular complexity index is 234. The molecule has 2 nitrogen and oxygen atoms in total. The van der Waals surface area contributed by atoms with E-state index >= 15 is 0 Å². The molecule has 1 atom stereocenters. The summed E-state index contributed by atoms with van der Waals surface area (Å²) in [6.07, 6.45) is 3.89. The van der Waals surface area contributed by atoms with Gasteiger partial charge in [0.15, 0.2) is 0 Å². The predicted molar refractivity (Wildman–Crippen MR) is 58.0 cm³/mol. The van der Waals surface area contributed by atoms with E-state index in [4.69, 9.17) is 0 Å². The Labute approximate surface area is 86.7 Å². The third-order valence-corrected chi connectivity index (χ3v) is 2.74. The van der Waals surface area contributed by atoms with Gasteiger partial charge in [-0.05, 0) is 19.8 Å². The van der Waals surface area contributed by atoms with E-state index in [2.05, 4.69) is 18.8 Å². The lowest BCUT2D eigenvalue weighted by atomic mass is 9.77. The quantitative estimate of drug-likeness (QED) is 0.663. The number of carboxylic acids is 1. The van der Waals surface area contributed by atoms with Gasteiger partial charge in [0.05, 0.1) is 5.41 Å². The Morgan fingerprint density at radius 2 is 2.07 bits per heavy atom. The zero-order valence-corrected chi connectivity index (χ0v) is 9.39. The third-order valence-electron chi connectivity index (χ3n) is 2.74. The largest absolute Gasteiger partial charge is 0.481 e. The van der Waals surface area contributed by atoms with Gasteiger partial charge in [0.2, 0.25) is 0 Å². The Morgan fingerprint density at radius 3 is 2.43 bits per heavy atom. The fourth-order valence-corrected chi connectivity index (χ4v) is 1.50. The van der Waals surface area contributed by atoms with Crippen LogP contribution >= 0.6 is 0 Å². The lowest BCUT2D eigenvalue weighted by molar-refractivity contribution is -0.149. The molecule has 0 saturated heterocycles. The topological polar surface area (TPSA) is 37.3 Å². The van der Waals surface area contributed by atoms with Crippen molar-refractivity contribution >= 4 is 5.97 Å². The summed E-state index contributed by atoms with van der Waals surface area (Å²) in [5.41, 5.74) is -0.612. The van der Waals surface area contributed by atoms with E-state index in [0.717, 1.165) is 19.3 Å².